The van der Waals surface area contributed by atoms with Crippen LogP contribution in [0.2, 0.25) is 5.02 Å². The topological polar surface area (TPSA) is 88.1 Å². The lowest BCUT2D eigenvalue weighted by atomic mass is 10.1. The van der Waals surface area contributed by atoms with Crippen LogP contribution in [-0.4, -0.2) is 64.0 Å². The van der Waals surface area contributed by atoms with E-state index in [-0.39, 0.29) is 11.5 Å². The number of morpholine rings is 1. The van der Waals surface area contributed by atoms with Crippen LogP contribution in [0.3, 0.4) is 0 Å². The number of aromatic amines is 1. The third kappa shape index (κ3) is 5.29. The molecule has 1 aliphatic heterocycles. The molecule has 136 valence electrons. The molecular weight excluding hydrogens is 344 g/mol. The SMILES string of the molecule is CC(Cn1cc(Cl)cn1)c1cc(=O)[nH]c(NCCN2CCOCC2)n1. The molecule has 3 rings (SSSR count). The van der Waals surface area contributed by atoms with Crippen molar-refractivity contribution in [1.29, 1.82) is 0 Å². The third-order valence-electron chi connectivity index (χ3n) is 4.15. The number of hydrogen-bond donors (Lipinski definition) is 2. The number of rotatable bonds is 7. The van der Waals surface area contributed by atoms with Crippen molar-refractivity contribution in [3.8, 4) is 0 Å². The van der Waals surface area contributed by atoms with Gasteiger partial charge in [-0.3, -0.25) is 19.4 Å². The van der Waals surface area contributed by atoms with Crippen molar-refractivity contribution < 1.29 is 4.74 Å². The van der Waals surface area contributed by atoms with Gasteiger partial charge in [0.15, 0.2) is 0 Å². The molecule has 0 amide bonds. The minimum Gasteiger partial charge on any atom is -0.379 e. The largest absolute Gasteiger partial charge is 0.379 e. The summed E-state index contributed by atoms with van der Waals surface area (Å²) >= 11 is 5.89. The Morgan fingerprint density at radius 1 is 1.44 bits per heavy atom. The van der Waals surface area contributed by atoms with E-state index in [0.717, 1.165) is 45.1 Å². The highest BCUT2D eigenvalue weighted by molar-refractivity contribution is 6.30. The number of nitrogens with one attached hydrogen (secondary N) is 2. The molecule has 0 aromatic carbocycles. The molecule has 0 spiro atoms. The van der Waals surface area contributed by atoms with Gasteiger partial charge >= 0.3 is 0 Å². The van der Waals surface area contributed by atoms with Crippen molar-refractivity contribution in [3.63, 3.8) is 0 Å². The van der Waals surface area contributed by atoms with Crippen molar-refractivity contribution in [2.24, 2.45) is 0 Å². The summed E-state index contributed by atoms with van der Waals surface area (Å²) in [6.45, 7) is 7.66. The van der Waals surface area contributed by atoms with Crippen LogP contribution in [0.1, 0.15) is 18.5 Å². The number of halogens is 1. The number of ether oxygens (including phenoxy) is 1. The Hall–Kier alpha value is -1.90. The Balaban J connectivity index is 1.58. The van der Waals surface area contributed by atoms with Crippen molar-refractivity contribution >= 4 is 17.5 Å². The molecule has 0 radical (unpaired) electrons. The summed E-state index contributed by atoms with van der Waals surface area (Å²) in [5, 5.41) is 7.96. The number of aromatic nitrogens is 4. The zero-order valence-electron chi connectivity index (χ0n) is 14.2. The van der Waals surface area contributed by atoms with E-state index in [2.05, 4.69) is 25.3 Å². The minimum atomic E-state index is -0.163. The van der Waals surface area contributed by atoms with Crippen molar-refractivity contribution in [1.82, 2.24) is 24.6 Å². The summed E-state index contributed by atoms with van der Waals surface area (Å²) in [5.74, 6) is 0.541. The van der Waals surface area contributed by atoms with Gasteiger partial charge in [0.1, 0.15) is 0 Å². The van der Waals surface area contributed by atoms with Gasteiger partial charge in [0.2, 0.25) is 5.95 Å². The van der Waals surface area contributed by atoms with Gasteiger partial charge in [-0.15, -0.1) is 0 Å². The predicted octanol–water partition coefficient (Wildman–Crippen LogP) is 1.17. The quantitative estimate of drug-likeness (QED) is 0.764. The number of hydrogen-bond acceptors (Lipinski definition) is 6. The van der Waals surface area contributed by atoms with E-state index >= 15 is 0 Å². The Kier molecular flexibility index (Phi) is 6.06. The molecular formula is C16H23ClN6O2. The average molecular weight is 367 g/mol. The second-order valence-corrected chi connectivity index (χ2v) is 6.62. The van der Waals surface area contributed by atoms with Gasteiger partial charge in [-0.1, -0.05) is 18.5 Å². The molecule has 25 heavy (non-hydrogen) atoms. The van der Waals surface area contributed by atoms with Gasteiger partial charge in [0, 0.05) is 50.9 Å². The van der Waals surface area contributed by atoms with Crippen molar-refractivity contribution in [3.05, 3.63) is 39.5 Å². The summed E-state index contributed by atoms with van der Waals surface area (Å²) in [7, 11) is 0. The summed E-state index contributed by atoms with van der Waals surface area (Å²) < 4.78 is 7.09. The lowest BCUT2D eigenvalue weighted by molar-refractivity contribution is 0.0398. The fourth-order valence-electron chi connectivity index (χ4n) is 2.78. The van der Waals surface area contributed by atoms with Gasteiger partial charge in [-0.25, -0.2) is 4.98 Å². The zero-order chi connectivity index (χ0) is 17.6. The second-order valence-electron chi connectivity index (χ2n) is 6.18. The fraction of sp³-hybridized carbons (Fsp3) is 0.562. The van der Waals surface area contributed by atoms with Gasteiger partial charge < -0.3 is 10.1 Å². The molecule has 1 aliphatic rings. The number of anilines is 1. The van der Waals surface area contributed by atoms with Gasteiger partial charge in [0.25, 0.3) is 5.56 Å². The normalized spacial score (nSPS) is 16.7. The van der Waals surface area contributed by atoms with Crippen LogP contribution in [0.4, 0.5) is 5.95 Å². The Bertz CT molecular complexity index is 740. The minimum absolute atomic E-state index is 0.0399. The fourth-order valence-corrected chi connectivity index (χ4v) is 2.94. The maximum Gasteiger partial charge on any atom is 0.252 e. The highest BCUT2D eigenvalue weighted by atomic mass is 35.5. The molecule has 3 heterocycles. The number of nitrogens with zero attached hydrogens (tertiary/aromatic N) is 4. The van der Waals surface area contributed by atoms with Crippen LogP contribution in [0.15, 0.2) is 23.3 Å². The van der Waals surface area contributed by atoms with E-state index in [9.17, 15) is 4.79 Å². The predicted molar refractivity (Wildman–Crippen MR) is 96.3 cm³/mol. The summed E-state index contributed by atoms with van der Waals surface area (Å²) in [6.07, 6.45) is 3.35. The van der Waals surface area contributed by atoms with Crippen molar-refractivity contribution in [2.75, 3.05) is 44.7 Å². The first-order valence-corrected chi connectivity index (χ1v) is 8.81. The molecule has 2 N–H and O–H groups in total. The maximum absolute atomic E-state index is 11.9. The lowest BCUT2D eigenvalue weighted by Gasteiger charge is -2.26. The lowest BCUT2D eigenvalue weighted by Crippen LogP contribution is -2.39. The molecule has 2 aromatic heterocycles. The van der Waals surface area contributed by atoms with Crippen LogP contribution in [0.25, 0.3) is 0 Å². The highest BCUT2D eigenvalue weighted by Crippen LogP contribution is 2.15. The molecule has 0 saturated carbocycles. The Morgan fingerprint density at radius 3 is 2.96 bits per heavy atom. The molecule has 1 atom stereocenters. The second kappa shape index (κ2) is 8.46. The van der Waals surface area contributed by atoms with Gasteiger partial charge in [-0.2, -0.15) is 5.10 Å². The first-order valence-electron chi connectivity index (χ1n) is 8.43. The molecule has 0 bridgehead atoms. The van der Waals surface area contributed by atoms with E-state index in [0.29, 0.717) is 17.5 Å². The molecule has 1 fully saturated rings. The maximum atomic E-state index is 11.9. The number of H-pyrrole nitrogens is 1. The Morgan fingerprint density at radius 2 is 2.24 bits per heavy atom. The molecule has 1 unspecified atom stereocenters. The molecule has 1 saturated heterocycles. The van der Waals surface area contributed by atoms with Crippen LogP contribution in [-0.2, 0) is 11.3 Å². The van der Waals surface area contributed by atoms with Crippen LogP contribution < -0.4 is 10.9 Å². The monoisotopic (exact) mass is 366 g/mol. The third-order valence-corrected chi connectivity index (χ3v) is 4.35. The molecule has 2 aromatic rings. The van der Waals surface area contributed by atoms with Gasteiger partial charge in [0.05, 0.1) is 30.1 Å². The van der Waals surface area contributed by atoms with Crippen LogP contribution in [0, 0.1) is 0 Å². The molecule has 9 heteroatoms. The van der Waals surface area contributed by atoms with E-state index in [4.69, 9.17) is 16.3 Å². The highest BCUT2D eigenvalue weighted by Gasteiger charge is 2.13. The van der Waals surface area contributed by atoms with E-state index in [1.807, 2.05) is 6.92 Å². The Labute approximate surface area is 151 Å². The molecule has 8 nitrogen and oxygen atoms in total. The summed E-state index contributed by atoms with van der Waals surface area (Å²) in [4.78, 5) is 21.5. The first-order chi connectivity index (χ1) is 12.1. The van der Waals surface area contributed by atoms with E-state index < -0.39 is 0 Å². The first kappa shape index (κ1) is 17.9. The van der Waals surface area contributed by atoms with E-state index in [1.54, 1.807) is 17.1 Å². The standard InChI is InChI=1S/C16H23ClN6O2/c1-12(10-23-11-13(17)9-19-23)14-8-15(24)21-16(20-14)18-2-3-22-4-6-25-7-5-22/h8-9,11-12H,2-7,10H2,1H3,(H2,18,20,21,24). The smallest absolute Gasteiger partial charge is 0.252 e. The molecule has 0 aliphatic carbocycles. The van der Waals surface area contributed by atoms with Crippen LogP contribution >= 0.6 is 11.6 Å². The van der Waals surface area contributed by atoms with Gasteiger partial charge in [-0.05, 0) is 0 Å². The van der Waals surface area contributed by atoms with Crippen molar-refractivity contribution in [2.45, 2.75) is 19.4 Å². The summed E-state index contributed by atoms with van der Waals surface area (Å²) in [5.41, 5.74) is 0.563. The average Bonchev–Trinajstić information content (AvgIpc) is 3.00. The summed E-state index contributed by atoms with van der Waals surface area (Å²) in [6, 6.07) is 1.53. The zero-order valence-corrected chi connectivity index (χ0v) is 15.0. The van der Waals surface area contributed by atoms with E-state index in [1.165, 1.54) is 6.07 Å². The van der Waals surface area contributed by atoms with Crippen LogP contribution in [0.5, 0.6) is 0 Å².